The van der Waals surface area contributed by atoms with Crippen LogP contribution in [0.1, 0.15) is 0 Å². The van der Waals surface area contributed by atoms with Crippen molar-refractivity contribution < 1.29 is 32.6 Å². The monoisotopic (exact) mass is 270 g/mol. The molecule has 1 aliphatic rings. The summed E-state index contributed by atoms with van der Waals surface area (Å²) in [5, 5.41) is 11.6. The molecule has 1 fully saturated rings. The molecule has 0 radical (unpaired) electrons. The number of alkyl halides is 3. The predicted octanol–water partition coefficient (Wildman–Crippen LogP) is -0.550. The second kappa shape index (κ2) is 6.01. The van der Waals surface area contributed by atoms with Crippen molar-refractivity contribution in [2.24, 2.45) is 0 Å². The van der Waals surface area contributed by atoms with Gasteiger partial charge in [-0.25, -0.2) is 4.79 Å². The number of amides is 1. The van der Waals surface area contributed by atoms with Crippen LogP contribution in [-0.4, -0.2) is 66.9 Å². The highest BCUT2D eigenvalue weighted by atomic mass is 19.4. The van der Waals surface area contributed by atoms with Crippen LogP contribution in [0.15, 0.2) is 0 Å². The predicted molar refractivity (Wildman–Crippen MR) is 52.9 cm³/mol. The van der Waals surface area contributed by atoms with E-state index >= 15 is 0 Å². The van der Waals surface area contributed by atoms with Crippen molar-refractivity contribution >= 4 is 11.9 Å². The fourth-order valence-corrected chi connectivity index (χ4v) is 1.56. The number of carbonyl (C=O) groups excluding carboxylic acids is 1. The molecule has 1 saturated heterocycles. The first-order valence-electron chi connectivity index (χ1n) is 5.19. The average Bonchev–Trinajstić information content (AvgIpc) is 2.27. The van der Waals surface area contributed by atoms with Gasteiger partial charge in [0.25, 0.3) is 0 Å². The van der Waals surface area contributed by atoms with Crippen molar-refractivity contribution in [2.75, 3.05) is 32.8 Å². The number of carboxylic acid groups (broad SMARTS) is 1. The molecule has 104 valence electrons. The number of ether oxygens (including phenoxy) is 1. The van der Waals surface area contributed by atoms with Crippen molar-refractivity contribution in [2.45, 2.75) is 12.2 Å². The second-order valence-corrected chi connectivity index (χ2v) is 3.75. The quantitative estimate of drug-likeness (QED) is 0.716. The highest BCUT2D eigenvalue weighted by molar-refractivity contribution is 5.84. The molecule has 2 N–H and O–H groups in total. The Hall–Kier alpha value is -1.35. The number of carbonyl (C=O) groups is 2. The number of carboxylic acids is 1. The molecule has 0 saturated carbocycles. The zero-order valence-corrected chi connectivity index (χ0v) is 9.37. The largest absolute Gasteiger partial charge is 0.480 e. The highest BCUT2D eigenvalue weighted by Crippen LogP contribution is 2.14. The molecule has 1 heterocycles. The van der Waals surface area contributed by atoms with Crippen LogP contribution in [0.2, 0.25) is 0 Å². The van der Waals surface area contributed by atoms with E-state index in [-0.39, 0.29) is 13.1 Å². The van der Waals surface area contributed by atoms with E-state index in [4.69, 9.17) is 5.11 Å². The lowest BCUT2D eigenvalue weighted by atomic mass is 10.2. The van der Waals surface area contributed by atoms with Crippen molar-refractivity contribution in [1.29, 1.82) is 0 Å². The number of hydrogen-bond donors (Lipinski definition) is 2. The molecule has 18 heavy (non-hydrogen) atoms. The van der Waals surface area contributed by atoms with Crippen LogP contribution < -0.4 is 5.32 Å². The summed E-state index contributed by atoms with van der Waals surface area (Å²) in [6.45, 7) is -1.70. The van der Waals surface area contributed by atoms with Gasteiger partial charge in [-0.1, -0.05) is 0 Å². The maximum absolute atomic E-state index is 11.8. The van der Waals surface area contributed by atoms with Gasteiger partial charge >= 0.3 is 12.1 Å². The van der Waals surface area contributed by atoms with Gasteiger partial charge in [0, 0.05) is 19.6 Å². The van der Waals surface area contributed by atoms with Gasteiger partial charge in [-0.15, -0.1) is 0 Å². The Morgan fingerprint density at radius 1 is 1.44 bits per heavy atom. The first-order chi connectivity index (χ1) is 8.31. The minimum Gasteiger partial charge on any atom is -0.480 e. The lowest BCUT2D eigenvalue weighted by Crippen LogP contribution is -2.57. The van der Waals surface area contributed by atoms with Crippen molar-refractivity contribution in [3.8, 4) is 0 Å². The topological polar surface area (TPSA) is 78.9 Å². The zero-order valence-electron chi connectivity index (χ0n) is 9.37. The maximum atomic E-state index is 11.8. The molecule has 0 aliphatic carbocycles. The van der Waals surface area contributed by atoms with E-state index in [1.165, 1.54) is 0 Å². The lowest BCUT2D eigenvalue weighted by Gasteiger charge is -2.33. The number of nitrogens with zero attached hydrogens (tertiary/aromatic N) is 1. The molecule has 9 heteroatoms. The Morgan fingerprint density at radius 3 is 2.67 bits per heavy atom. The van der Waals surface area contributed by atoms with E-state index in [0.29, 0.717) is 6.54 Å². The Labute approximate surface area is 101 Å². The molecule has 1 unspecified atom stereocenters. The summed E-state index contributed by atoms with van der Waals surface area (Å²) in [4.78, 5) is 23.4. The van der Waals surface area contributed by atoms with Crippen LogP contribution in [0, 0.1) is 0 Å². The minimum atomic E-state index is -4.50. The third kappa shape index (κ3) is 4.49. The number of rotatable bonds is 4. The van der Waals surface area contributed by atoms with Gasteiger partial charge in [-0.3, -0.25) is 4.79 Å². The molecule has 0 bridgehead atoms. The summed E-state index contributed by atoms with van der Waals surface area (Å²) in [6, 6.07) is -1.07. The molecule has 1 aliphatic heterocycles. The van der Waals surface area contributed by atoms with Crippen LogP contribution in [0.5, 0.6) is 0 Å². The summed E-state index contributed by atoms with van der Waals surface area (Å²) in [5.74, 6) is -1.96. The fraction of sp³-hybridized carbons (Fsp3) is 0.778. The minimum absolute atomic E-state index is 0.0698. The van der Waals surface area contributed by atoms with E-state index in [0.717, 1.165) is 4.90 Å². The molecular weight excluding hydrogens is 257 g/mol. The van der Waals surface area contributed by atoms with Gasteiger partial charge < -0.3 is 20.1 Å². The third-order valence-electron chi connectivity index (χ3n) is 2.34. The highest BCUT2D eigenvalue weighted by Gasteiger charge is 2.33. The van der Waals surface area contributed by atoms with Crippen LogP contribution in [0.25, 0.3) is 0 Å². The normalized spacial score (nSPS) is 20.8. The Morgan fingerprint density at radius 2 is 2.11 bits per heavy atom. The summed E-state index contributed by atoms with van der Waals surface area (Å²) in [5.41, 5.74) is 0. The molecule has 1 amide bonds. The van der Waals surface area contributed by atoms with Gasteiger partial charge in [0.05, 0.1) is 0 Å². The maximum Gasteiger partial charge on any atom is 0.411 e. The Balaban J connectivity index is 2.46. The van der Waals surface area contributed by atoms with Gasteiger partial charge in [-0.2, -0.15) is 13.2 Å². The molecule has 0 aromatic heterocycles. The molecular formula is C9H13F3N2O4. The summed E-state index contributed by atoms with van der Waals surface area (Å²) in [7, 11) is 0. The second-order valence-electron chi connectivity index (χ2n) is 3.75. The van der Waals surface area contributed by atoms with Crippen LogP contribution in [0.3, 0.4) is 0 Å². The number of halogens is 3. The van der Waals surface area contributed by atoms with E-state index < -0.39 is 37.3 Å². The van der Waals surface area contributed by atoms with E-state index in [1.54, 1.807) is 0 Å². The van der Waals surface area contributed by atoms with Gasteiger partial charge in [0.2, 0.25) is 5.91 Å². The first-order valence-corrected chi connectivity index (χ1v) is 5.19. The smallest absolute Gasteiger partial charge is 0.411 e. The van der Waals surface area contributed by atoms with Crippen LogP contribution in [0.4, 0.5) is 13.2 Å². The number of nitrogens with one attached hydrogen (secondary N) is 1. The van der Waals surface area contributed by atoms with Crippen LogP contribution in [-0.2, 0) is 14.3 Å². The van der Waals surface area contributed by atoms with Crippen molar-refractivity contribution in [3.05, 3.63) is 0 Å². The molecule has 6 nitrogen and oxygen atoms in total. The van der Waals surface area contributed by atoms with Gasteiger partial charge in [-0.05, 0) is 0 Å². The Kier molecular flexibility index (Phi) is 4.91. The van der Waals surface area contributed by atoms with E-state index in [9.17, 15) is 22.8 Å². The molecule has 1 atom stereocenters. The summed E-state index contributed by atoms with van der Waals surface area (Å²) in [6.07, 6.45) is -4.50. The molecule has 0 aromatic carbocycles. The Bertz CT molecular complexity index is 321. The van der Waals surface area contributed by atoms with E-state index in [1.807, 2.05) is 0 Å². The molecule has 0 aromatic rings. The van der Waals surface area contributed by atoms with Crippen LogP contribution >= 0.6 is 0 Å². The number of piperazine rings is 1. The number of aliphatic carboxylic acids is 1. The number of hydrogen-bond acceptors (Lipinski definition) is 4. The SMILES string of the molecule is O=C(O)C1CNCCN1C(=O)COCC(F)(F)F. The zero-order chi connectivity index (χ0) is 13.8. The van der Waals surface area contributed by atoms with Gasteiger partial charge in [0.15, 0.2) is 0 Å². The lowest BCUT2D eigenvalue weighted by molar-refractivity contribution is -0.179. The van der Waals surface area contributed by atoms with Gasteiger partial charge in [0.1, 0.15) is 19.3 Å². The summed E-state index contributed by atoms with van der Waals surface area (Å²) >= 11 is 0. The van der Waals surface area contributed by atoms with Crippen molar-refractivity contribution in [1.82, 2.24) is 10.2 Å². The van der Waals surface area contributed by atoms with Crippen molar-refractivity contribution in [3.63, 3.8) is 0 Å². The molecule has 1 rings (SSSR count). The standard InChI is InChI=1S/C9H13F3N2O4/c10-9(11,12)5-18-4-7(15)14-2-1-13-3-6(14)8(16)17/h6,13H,1-5H2,(H,16,17). The van der Waals surface area contributed by atoms with E-state index in [2.05, 4.69) is 10.1 Å². The average molecular weight is 270 g/mol. The first kappa shape index (κ1) is 14.7. The fourth-order valence-electron chi connectivity index (χ4n) is 1.56. The summed E-state index contributed by atoms with van der Waals surface area (Å²) < 4.78 is 39.6. The third-order valence-corrected chi connectivity index (χ3v) is 2.34. The molecule has 0 spiro atoms.